The lowest BCUT2D eigenvalue weighted by atomic mass is 9.91. The largest absolute Gasteiger partial charge is 0.428 e. The first-order valence-electron chi connectivity index (χ1n) is 6.81. The maximum atomic E-state index is 11.4. The number of hydrogen-bond acceptors (Lipinski definition) is 4. The van der Waals surface area contributed by atoms with Gasteiger partial charge in [-0.1, -0.05) is 41.5 Å². The van der Waals surface area contributed by atoms with Gasteiger partial charge in [0.15, 0.2) is 0 Å². The molecule has 0 aliphatic rings. The van der Waals surface area contributed by atoms with E-state index in [-0.39, 0.29) is 29.6 Å². The maximum absolute atomic E-state index is 11.4. The molecule has 0 bridgehead atoms. The quantitative estimate of drug-likeness (QED) is 0.546. The van der Waals surface area contributed by atoms with E-state index in [1.54, 1.807) is 0 Å². The molecule has 0 atom stereocenters. The van der Waals surface area contributed by atoms with Gasteiger partial charge >= 0.3 is 11.9 Å². The summed E-state index contributed by atoms with van der Waals surface area (Å²) >= 11 is 0. The molecule has 0 radical (unpaired) electrons. The molecule has 0 aromatic rings. The number of carbonyl (C=O) groups is 2. The van der Waals surface area contributed by atoms with Gasteiger partial charge in [-0.25, -0.2) is 0 Å². The second kappa shape index (κ2) is 7.51. The van der Waals surface area contributed by atoms with Gasteiger partial charge in [0.2, 0.25) is 6.79 Å². The molecule has 112 valence electrons. The van der Waals surface area contributed by atoms with E-state index in [2.05, 4.69) is 41.5 Å². The van der Waals surface area contributed by atoms with Gasteiger partial charge < -0.3 is 9.47 Å². The zero-order chi connectivity index (χ0) is 15.1. The van der Waals surface area contributed by atoms with E-state index in [4.69, 9.17) is 9.47 Å². The van der Waals surface area contributed by atoms with Crippen LogP contribution in [0.2, 0.25) is 0 Å². The summed E-state index contributed by atoms with van der Waals surface area (Å²) < 4.78 is 9.72. The van der Waals surface area contributed by atoms with Gasteiger partial charge in [-0.15, -0.1) is 0 Å². The highest BCUT2D eigenvalue weighted by Crippen LogP contribution is 2.21. The van der Waals surface area contributed by atoms with Crippen LogP contribution in [0.4, 0.5) is 0 Å². The summed E-state index contributed by atoms with van der Waals surface area (Å²) in [7, 11) is 0. The summed E-state index contributed by atoms with van der Waals surface area (Å²) in [4.78, 5) is 22.7. The molecule has 0 heterocycles. The average Bonchev–Trinajstić information content (AvgIpc) is 2.22. The molecule has 0 aliphatic heterocycles. The zero-order valence-corrected chi connectivity index (χ0v) is 13.2. The Balaban J connectivity index is 3.68. The highest BCUT2D eigenvalue weighted by molar-refractivity contribution is 5.71. The lowest BCUT2D eigenvalue weighted by molar-refractivity contribution is -0.167. The fourth-order valence-corrected chi connectivity index (χ4v) is 1.26. The summed E-state index contributed by atoms with van der Waals surface area (Å²) in [5.41, 5.74) is 0.199. The van der Waals surface area contributed by atoms with Crippen molar-refractivity contribution in [3.63, 3.8) is 0 Å². The van der Waals surface area contributed by atoms with Crippen molar-refractivity contribution in [1.29, 1.82) is 0 Å². The van der Waals surface area contributed by atoms with Crippen molar-refractivity contribution in [2.24, 2.45) is 10.8 Å². The molecule has 4 heteroatoms. The van der Waals surface area contributed by atoms with E-state index >= 15 is 0 Å². The summed E-state index contributed by atoms with van der Waals surface area (Å²) in [6, 6.07) is 0. The van der Waals surface area contributed by atoms with E-state index < -0.39 is 0 Å². The van der Waals surface area contributed by atoms with E-state index in [1.807, 2.05) is 0 Å². The van der Waals surface area contributed by atoms with Crippen LogP contribution in [0.3, 0.4) is 0 Å². The van der Waals surface area contributed by atoms with Crippen LogP contribution in [0.1, 0.15) is 67.2 Å². The first-order chi connectivity index (χ1) is 8.49. The van der Waals surface area contributed by atoms with Gasteiger partial charge in [-0.05, 0) is 23.7 Å². The van der Waals surface area contributed by atoms with Gasteiger partial charge in [0.25, 0.3) is 0 Å². The Morgan fingerprint density at radius 2 is 1.05 bits per heavy atom. The maximum Gasteiger partial charge on any atom is 0.308 e. The van der Waals surface area contributed by atoms with Crippen LogP contribution in [-0.4, -0.2) is 18.7 Å². The molecular weight excluding hydrogens is 244 g/mol. The van der Waals surface area contributed by atoms with E-state index in [9.17, 15) is 9.59 Å². The van der Waals surface area contributed by atoms with E-state index in [0.717, 1.165) is 12.8 Å². The highest BCUT2D eigenvalue weighted by Gasteiger charge is 2.15. The van der Waals surface area contributed by atoms with Gasteiger partial charge in [-0.2, -0.15) is 0 Å². The minimum atomic E-state index is -0.321. The molecule has 0 aromatic carbocycles. The number of rotatable bonds is 6. The van der Waals surface area contributed by atoms with Crippen LogP contribution >= 0.6 is 0 Å². The Hall–Kier alpha value is -1.06. The van der Waals surface area contributed by atoms with Crippen molar-refractivity contribution in [2.45, 2.75) is 67.2 Å². The van der Waals surface area contributed by atoms with Gasteiger partial charge in [0.1, 0.15) is 0 Å². The summed E-state index contributed by atoms with van der Waals surface area (Å²) in [5.74, 6) is -0.642. The molecule has 0 amide bonds. The molecule has 4 nitrogen and oxygen atoms in total. The number of ether oxygens (including phenoxy) is 2. The Kier molecular flexibility index (Phi) is 7.09. The molecule has 0 rings (SSSR count). The predicted molar refractivity (Wildman–Crippen MR) is 74.4 cm³/mol. The normalized spacial score (nSPS) is 12.1. The van der Waals surface area contributed by atoms with Crippen LogP contribution in [0.5, 0.6) is 0 Å². The van der Waals surface area contributed by atoms with Crippen LogP contribution in [-0.2, 0) is 19.1 Å². The summed E-state index contributed by atoms with van der Waals surface area (Å²) in [6.45, 7) is 12.1. The van der Waals surface area contributed by atoms with Crippen molar-refractivity contribution < 1.29 is 19.1 Å². The third-order valence-electron chi connectivity index (χ3n) is 2.60. The molecule has 0 N–H and O–H groups in total. The molecule has 0 aliphatic carbocycles. The number of carbonyl (C=O) groups excluding carboxylic acids is 2. The first-order valence-corrected chi connectivity index (χ1v) is 6.81. The minimum Gasteiger partial charge on any atom is -0.428 e. The third-order valence-corrected chi connectivity index (χ3v) is 2.60. The SMILES string of the molecule is CC(C)(C)CCC(=O)OCOC(=O)CCC(C)(C)C. The topological polar surface area (TPSA) is 52.6 Å². The first kappa shape index (κ1) is 17.9. The second-order valence-corrected chi connectivity index (χ2v) is 7.27. The summed E-state index contributed by atoms with van der Waals surface area (Å²) in [6.07, 6.45) is 2.21. The molecule has 0 aromatic heterocycles. The Morgan fingerprint density at radius 3 is 1.32 bits per heavy atom. The Bertz CT molecular complexity index is 264. The van der Waals surface area contributed by atoms with Crippen LogP contribution in [0, 0.1) is 10.8 Å². The third kappa shape index (κ3) is 13.2. The highest BCUT2D eigenvalue weighted by atomic mass is 16.7. The molecular formula is C15H28O4. The van der Waals surface area contributed by atoms with Gasteiger partial charge in [0.05, 0.1) is 0 Å². The second-order valence-electron chi connectivity index (χ2n) is 7.27. The van der Waals surface area contributed by atoms with Crippen LogP contribution in [0.15, 0.2) is 0 Å². The van der Waals surface area contributed by atoms with Gasteiger partial charge in [0, 0.05) is 12.8 Å². The fourth-order valence-electron chi connectivity index (χ4n) is 1.26. The molecule has 0 fully saturated rings. The zero-order valence-electron chi connectivity index (χ0n) is 13.2. The lowest BCUT2D eigenvalue weighted by Crippen LogP contribution is -2.16. The van der Waals surface area contributed by atoms with Crippen molar-refractivity contribution in [3.8, 4) is 0 Å². The van der Waals surface area contributed by atoms with Crippen LogP contribution in [0.25, 0.3) is 0 Å². The van der Waals surface area contributed by atoms with Gasteiger partial charge in [-0.3, -0.25) is 9.59 Å². The van der Waals surface area contributed by atoms with E-state index in [1.165, 1.54) is 0 Å². The van der Waals surface area contributed by atoms with E-state index in [0.29, 0.717) is 12.8 Å². The molecule has 0 saturated carbocycles. The lowest BCUT2D eigenvalue weighted by Gasteiger charge is -2.17. The van der Waals surface area contributed by atoms with Crippen molar-refractivity contribution in [1.82, 2.24) is 0 Å². The minimum absolute atomic E-state index is 0.0996. The predicted octanol–water partition coefficient (Wildman–Crippen LogP) is 3.68. The standard InChI is InChI=1S/C15H28O4/c1-14(2,3)9-7-12(16)18-11-19-13(17)8-10-15(4,5)6/h7-11H2,1-6H3. The van der Waals surface area contributed by atoms with Crippen molar-refractivity contribution in [2.75, 3.05) is 6.79 Å². The average molecular weight is 272 g/mol. The smallest absolute Gasteiger partial charge is 0.308 e. The Labute approximate surface area is 116 Å². The van der Waals surface area contributed by atoms with Crippen LogP contribution < -0.4 is 0 Å². The number of hydrogen-bond donors (Lipinski definition) is 0. The molecule has 19 heavy (non-hydrogen) atoms. The summed E-state index contributed by atoms with van der Waals surface area (Å²) in [5, 5.41) is 0. The Morgan fingerprint density at radius 1 is 0.737 bits per heavy atom. The molecule has 0 saturated heterocycles. The monoisotopic (exact) mass is 272 g/mol. The van der Waals surface area contributed by atoms with Crippen molar-refractivity contribution >= 4 is 11.9 Å². The number of esters is 2. The molecule has 0 unspecified atom stereocenters. The fraction of sp³-hybridized carbons (Fsp3) is 0.867. The molecule has 0 spiro atoms. The van der Waals surface area contributed by atoms with Crippen molar-refractivity contribution in [3.05, 3.63) is 0 Å².